The maximum atomic E-state index is 12.6. The van der Waals surface area contributed by atoms with Crippen LogP contribution in [0, 0.1) is 12.8 Å². The van der Waals surface area contributed by atoms with E-state index in [9.17, 15) is 4.79 Å². The highest BCUT2D eigenvalue weighted by Crippen LogP contribution is 2.29. The minimum Gasteiger partial charge on any atom is -0.354 e. The predicted octanol–water partition coefficient (Wildman–Crippen LogP) is 3.72. The molecule has 142 valence electrons. The van der Waals surface area contributed by atoms with E-state index in [4.69, 9.17) is 23.2 Å². The zero-order valence-corrected chi connectivity index (χ0v) is 16.8. The summed E-state index contributed by atoms with van der Waals surface area (Å²) in [7, 11) is 0. The quantitative estimate of drug-likeness (QED) is 0.807. The van der Waals surface area contributed by atoms with E-state index in [-0.39, 0.29) is 11.8 Å². The Morgan fingerprint density at radius 1 is 1.33 bits per heavy atom. The van der Waals surface area contributed by atoms with Crippen molar-refractivity contribution in [1.29, 1.82) is 0 Å². The third-order valence-corrected chi connectivity index (χ3v) is 4.88. The fraction of sp³-hybridized carbons (Fsp3) is 0.333. The van der Waals surface area contributed by atoms with E-state index in [0.717, 1.165) is 5.69 Å². The SMILES string of the molecule is CCNc1ncc(C(=O)NC2=NN(c3ccc(Cl)c(Cl)c3)C[C@@H]2C)c(C)n1. The number of aryl methyl sites for hydroxylation is 1. The number of halogens is 2. The topological polar surface area (TPSA) is 82.5 Å². The van der Waals surface area contributed by atoms with Crippen LogP contribution in [0.4, 0.5) is 11.6 Å². The Labute approximate surface area is 167 Å². The van der Waals surface area contributed by atoms with Gasteiger partial charge in [0.2, 0.25) is 5.95 Å². The molecule has 2 heterocycles. The summed E-state index contributed by atoms with van der Waals surface area (Å²) >= 11 is 12.1. The Hall–Kier alpha value is -2.38. The summed E-state index contributed by atoms with van der Waals surface area (Å²) in [4.78, 5) is 21.1. The second kappa shape index (κ2) is 8.10. The van der Waals surface area contributed by atoms with E-state index in [2.05, 4.69) is 25.7 Å². The molecule has 0 unspecified atom stereocenters. The Kier molecular flexibility index (Phi) is 5.82. The molecule has 0 saturated carbocycles. The Morgan fingerprint density at radius 3 is 2.78 bits per heavy atom. The van der Waals surface area contributed by atoms with Crippen LogP contribution in [0.5, 0.6) is 0 Å². The van der Waals surface area contributed by atoms with Gasteiger partial charge in [-0.3, -0.25) is 9.80 Å². The lowest BCUT2D eigenvalue weighted by atomic mass is 10.1. The van der Waals surface area contributed by atoms with Gasteiger partial charge in [-0.15, -0.1) is 0 Å². The lowest BCUT2D eigenvalue weighted by Crippen LogP contribution is -2.34. The number of hydrogen-bond donors (Lipinski definition) is 2. The van der Waals surface area contributed by atoms with Crippen LogP contribution in [0.25, 0.3) is 0 Å². The number of aromatic nitrogens is 2. The van der Waals surface area contributed by atoms with Crippen molar-refractivity contribution in [2.75, 3.05) is 23.4 Å². The molecule has 0 radical (unpaired) electrons. The number of hydrazone groups is 1. The van der Waals surface area contributed by atoms with Crippen LogP contribution in [0.2, 0.25) is 10.0 Å². The van der Waals surface area contributed by atoms with Crippen molar-refractivity contribution in [2.45, 2.75) is 20.8 Å². The number of rotatable bonds is 4. The van der Waals surface area contributed by atoms with Gasteiger partial charge in [0.25, 0.3) is 5.91 Å². The number of amidine groups is 1. The number of hydrogen-bond acceptors (Lipinski definition) is 6. The highest BCUT2D eigenvalue weighted by Gasteiger charge is 2.26. The molecule has 27 heavy (non-hydrogen) atoms. The van der Waals surface area contributed by atoms with E-state index in [0.29, 0.717) is 46.2 Å². The van der Waals surface area contributed by atoms with Gasteiger partial charge in [0.05, 0.1) is 33.5 Å². The largest absolute Gasteiger partial charge is 0.354 e. The van der Waals surface area contributed by atoms with Crippen LogP contribution in [-0.2, 0) is 0 Å². The van der Waals surface area contributed by atoms with Crippen molar-refractivity contribution >= 4 is 46.6 Å². The van der Waals surface area contributed by atoms with Gasteiger partial charge in [0.1, 0.15) is 5.84 Å². The van der Waals surface area contributed by atoms with Crippen LogP contribution in [0.15, 0.2) is 29.5 Å². The number of nitrogens with one attached hydrogen (secondary N) is 2. The molecule has 9 heteroatoms. The van der Waals surface area contributed by atoms with Gasteiger partial charge in [0.15, 0.2) is 0 Å². The Balaban J connectivity index is 1.76. The van der Waals surface area contributed by atoms with E-state index < -0.39 is 0 Å². The maximum Gasteiger partial charge on any atom is 0.260 e. The molecule has 1 aliphatic heterocycles. The minimum atomic E-state index is -0.280. The summed E-state index contributed by atoms with van der Waals surface area (Å²) in [6, 6.07) is 5.32. The fourth-order valence-electron chi connectivity index (χ4n) is 2.69. The van der Waals surface area contributed by atoms with Crippen molar-refractivity contribution < 1.29 is 4.79 Å². The fourth-order valence-corrected chi connectivity index (χ4v) is 2.98. The first kappa shape index (κ1) is 19.4. The molecule has 1 aromatic heterocycles. The lowest BCUT2D eigenvalue weighted by molar-refractivity contribution is 0.0974. The van der Waals surface area contributed by atoms with Gasteiger partial charge >= 0.3 is 0 Å². The van der Waals surface area contributed by atoms with Gasteiger partial charge in [-0.05, 0) is 32.0 Å². The molecule has 2 N–H and O–H groups in total. The summed E-state index contributed by atoms with van der Waals surface area (Å²) < 4.78 is 0. The first-order valence-corrected chi connectivity index (χ1v) is 9.34. The van der Waals surface area contributed by atoms with E-state index in [1.807, 2.05) is 19.9 Å². The zero-order chi connectivity index (χ0) is 19.6. The van der Waals surface area contributed by atoms with Crippen LogP contribution in [-0.4, -0.2) is 34.8 Å². The predicted molar refractivity (Wildman–Crippen MR) is 109 cm³/mol. The van der Waals surface area contributed by atoms with Crippen LogP contribution >= 0.6 is 23.2 Å². The molecular formula is C18H20Cl2N6O. The highest BCUT2D eigenvalue weighted by atomic mass is 35.5. The average Bonchev–Trinajstić information content (AvgIpc) is 2.98. The molecule has 0 saturated heterocycles. The lowest BCUT2D eigenvalue weighted by Gasteiger charge is -2.14. The van der Waals surface area contributed by atoms with E-state index >= 15 is 0 Å². The molecule has 3 rings (SSSR count). The Morgan fingerprint density at radius 2 is 2.11 bits per heavy atom. The molecular weight excluding hydrogens is 387 g/mol. The monoisotopic (exact) mass is 406 g/mol. The number of benzene rings is 1. The second-order valence-corrected chi connectivity index (χ2v) is 7.06. The molecule has 1 atom stereocenters. The number of nitrogens with zero attached hydrogens (tertiary/aromatic N) is 4. The number of carbonyl (C=O) groups excluding carboxylic acids is 1. The summed E-state index contributed by atoms with van der Waals surface area (Å²) in [5.74, 6) is 0.855. The molecule has 0 spiro atoms. The van der Waals surface area contributed by atoms with Crippen molar-refractivity contribution in [3.8, 4) is 0 Å². The first-order chi connectivity index (χ1) is 12.9. The molecule has 0 fully saturated rings. The molecule has 7 nitrogen and oxygen atoms in total. The van der Waals surface area contributed by atoms with E-state index in [1.165, 1.54) is 6.20 Å². The van der Waals surface area contributed by atoms with Gasteiger partial charge < -0.3 is 10.6 Å². The molecule has 0 aliphatic carbocycles. The highest BCUT2D eigenvalue weighted by molar-refractivity contribution is 6.42. The van der Waals surface area contributed by atoms with Gasteiger partial charge in [-0.1, -0.05) is 30.1 Å². The summed E-state index contributed by atoms with van der Waals surface area (Å²) in [5, 5.41) is 13.2. The van der Waals surface area contributed by atoms with Crippen LogP contribution in [0.1, 0.15) is 29.9 Å². The first-order valence-electron chi connectivity index (χ1n) is 8.59. The van der Waals surface area contributed by atoms with Gasteiger partial charge in [-0.25, -0.2) is 9.97 Å². The summed E-state index contributed by atoms with van der Waals surface area (Å²) in [6.07, 6.45) is 1.52. The van der Waals surface area contributed by atoms with Crippen molar-refractivity contribution in [3.05, 3.63) is 45.7 Å². The van der Waals surface area contributed by atoms with Crippen LogP contribution in [0.3, 0.4) is 0 Å². The van der Waals surface area contributed by atoms with E-state index in [1.54, 1.807) is 24.1 Å². The number of amides is 1. The van der Waals surface area contributed by atoms with Gasteiger partial charge in [0, 0.05) is 18.7 Å². The Bertz CT molecular complexity index is 901. The van der Waals surface area contributed by atoms with Crippen LogP contribution < -0.4 is 15.6 Å². The smallest absolute Gasteiger partial charge is 0.260 e. The molecule has 1 aromatic carbocycles. The van der Waals surface area contributed by atoms with Gasteiger partial charge in [-0.2, -0.15) is 5.10 Å². The summed E-state index contributed by atoms with van der Waals surface area (Å²) in [5.41, 5.74) is 1.83. The third-order valence-electron chi connectivity index (χ3n) is 4.14. The minimum absolute atomic E-state index is 0.0469. The summed E-state index contributed by atoms with van der Waals surface area (Å²) in [6.45, 7) is 7.07. The number of carbonyl (C=O) groups is 1. The van der Waals surface area contributed by atoms with Crippen molar-refractivity contribution in [2.24, 2.45) is 11.0 Å². The number of anilines is 2. The molecule has 0 bridgehead atoms. The van der Waals surface area contributed by atoms with Crippen molar-refractivity contribution in [1.82, 2.24) is 15.3 Å². The molecule has 1 amide bonds. The average molecular weight is 407 g/mol. The molecule has 2 aromatic rings. The molecule has 1 aliphatic rings. The maximum absolute atomic E-state index is 12.6. The second-order valence-electron chi connectivity index (χ2n) is 6.24. The normalized spacial score (nSPS) is 16.3. The third kappa shape index (κ3) is 4.31. The standard InChI is InChI=1S/C18H20Cl2N6O/c1-4-21-18-22-8-13(11(3)23-18)17(27)24-16-10(2)9-26(25-16)12-5-6-14(19)15(20)7-12/h5-8,10H,4,9H2,1-3H3,(H,21,22,23)(H,24,25,27)/t10-/m0/s1. The van der Waals surface area contributed by atoms with Crippen molar-refractivity contribution in [3.63, 3.8) is 0 Å². The zero-order valence-electron chi connectivity index (χ0n) is 15.3.